The number of halogens is 1. The number of nitrogens with zero attached hydrogens (tertiary/aromatic N) is 3. The molecule has 0 saturated carbocycles. The summed E-state index contributed by atoms with van der Waals surface area (Å²) in [7, 11) is 3.90. The lowest BCUT2D eigenvalue weighted by Gasteiger charge is -2.26. The van der Waals surface area contributed by atoms with E-state index in [0.717, 1.165) is 6.54 Å². The minimum Gasteiger partial charge on any atom is -0.391 e. The summed E-state index contributed by atoms with van der Waals surface area (Å²) < 4.78 is 0. The molecule has 1 fully saturated rings. The highest BCUT2D eigenvalue weighted by atomic mass is 35.5. The number of likely N-dealkylation sites (N-methyl/N-ethyl adjacent to an activating group) is 1. The highest BCUT2D eigenvalue weighted by Gasteiger charge is 2.35. The number of carbonyl (C=O) groups is 1. The second-order valence-electron chi connectivity index (χ2n) is 5.11. The predicted octanol–water partition coefficient (Wildman–Crippen LogP) is 0.872. The average Bonchev–Trinajstić information content (AvgIpc) is 2.68. The molecule has 104 valence electrons. The van der Waals surface area contributed by atoms with Gasteiger partial charge in [-0.25, -0.2) is 4.98 Å². The fraction of sp³-hybridized carbons (Fsp3) is 0.538. The fourth-order valence-corrected chi connectivity index (χ4v) is 2.57. The molecule has 0 aliphatic carbocycles. The van der Waals surface area contributed by atoms with Crippen LogP contribution in [0.25, 0.3) is 0 Å². The Morgan fingerprint density at radius 2 is 2.32 bits per heavy atom. The third-order valence-corrected chi connectivity index (χ3v) is 3.37. The Hall–Kier alpha value is -1.17. The lowest BCUT2D eigenvalue weighted by Crippen LogP contribution is -2.41. The topological polar surface area (TPSA) is 56.7 Å². The van der Waals surface area contributed by atoms with Crippen LogP contribution in [0.3, 0.4) is 0 Å². The van der Waals surface area contributed by atoms with Crippen molar-refractivity contribution in [2.75, 3.05) is 27.2 Å². The SMILES string of the molecule is CN(C)CC1CC(O)CN1C(=O)c1cccc(Cl)n1. The van der Waals surface area contributed by atoms with E-state index in [1.807, 2.05) is 19.0 Å². The van der Waals surface area contributed by atoms with Crippen LogP contribution in [0, 0.1) is 0 Å². The number of likely N-dealkylation sites (tertiary alicyclic amines) is 1. The van der Waals surface area contributed by atoms with Crippen LogP contribution in [0.5, 0.6) is 0 Å². The van der Waals surface area contributed by atoms with E-state index >= 15 is 0 Å². The molecule has 1 saturated heterocycles. The van der Waals surface area contributed by atoms with Crippen LogP contribution in [-0.2, 0) is 0 Å². The molecular weight excluding hydrogens is 266 g/mol. The molecule has 1 aromatic heterocycles. The molecule has 2 rings (SSSR count). The lowest BCUT2D eigenvalue weighted by molar-refractivity contribution is 0.0693. The summed E-state index contributed by atoms with van der Waals surface area (Å²) in [5.41, 5.74) is 0.324. The van der Waals surface area contributed by atoms with Gasteiger partial charge in [-0.2, -0.15) is 0 Å². The Kier molecular flexibility index (Phi) is 4.39. The van der Waals surface area contributed by atoms with Crippen molar-refractivity contribution < 1.29 is 9.90 Å². The monoisotopic (exact) mass is 283 g/mol. The van der Waals surface area contributed by atoms with Gasteiger partial charge in [-0.15, -0.1) is 0 Å². The van der Waals surface area contributed by atoms with E-state index in [2.05, 4.69) is 4.98 Å². The molecule has 1 aliphatic rings. The van der Waals surface area contributed by atoms with Crippen molar-refractivity contribution in [1.29, 1.82) is 0 Å². The largest absolute Gasteiger partial charge is 0.391 e. The molecule has 1 aliphatic heterocycles. The highest BCUT2D eigenvalue weighted by molar-refractivity contribution is 6.29. The molecule has 0 bridgehead atoms. The quantitative estimate of drug-likeness (QED) is 0.837. The van der Waals surface area contributed by atoms with E-state index in [1.165, 1.54) is 0 Å². The van der Waals surface area contributed by atoms with E-state index in [4.69, 9.17) is 11.6 Å². The lowest BCUT2D eigenvalue weighted by atomic mass is 10.2. The molecular formula is C13H18ClN3O2. The number of carbonyl (C=O) groups excluding carboxylic acids is 1. The molecule has 2 atom stereocenters. The summed E-state index contributed by atoms with van der Waals surface area (Å²) in [6.45, 7) is 1.08. The van der Waals surface area contributed by atoms with Crippen LogP contribution >= 0.6 is 11.6 Å². The van der Waals surface area contributed by atoms with E-state index in [0.29, 0.717) is 23.8 Å². The summed E-state index contributed by atoms with van der Waals surface area (Å²) in [4.78, 5) is 20.1. The van der Waals surface area contributed by atoms with E-state index in [9.17, 15) is 9.90 Å². The maximum atomic E-state index is 12.4. The first-order valence-corrected chi connectivity index (χ1v) is 6.61. The average molecular weight is 284 g/mol. The molecule has 1 N–H and O–H groups in total. The van der Waals surface area contributed by atoms with Crippen molar-refractivity contribution in [1.82, 2.24) is 14.8 Å². The summed E-state index contributed by atoms with van der Waals surface area (Å²) in [5, 5.41) is 10.1. The second kappa shape index (κ2) is 5.86. The van der Waals surface area contributed by atoms with Gasteiger partial charge in [0.05, 0.1) is 6.10 Å². The highest BCUT2D eigenvalue weighted by Crippen LogP contribution is 2.21. The van der Waals surface area contributed by atoms with Crippen molar-refractivity contribution in [2.24, 2.45) is 0 Å². The summed E-state index contributed by atoms with van der Waals surface area (Å²) in [6, 6.07) is 4.99. The van der Waals surface area contributed by atoms with Gasteiger partial charge in [-0.1, -0.05) is 17.7 Å². The maximum Gasteiger partial charge on any atom is 0.272 e. The molecule has 1 amide bonds. The van der Waals surface area contributed by atoms with Crippen molar-refractivity contribution in [2.45, 2.75) is 18.6 Å². The molecule has 6 heteroatoms. The molecule has 0 aromatic carbocycles. The fourth-order valence-electron chi connectivity index (χ4n) is 2.41. The van der Waals surface area contributed by atoms with E-state index in [-0.39, 0.29) is 11.9 Å². The smallest absolute Gasteiger partial charge is 0.272 e. The van der Waals surface area contributed by atoms with Gasteiger partial charge in [-0.3, -0.25) is 4.79 Å². The van der Waals surface area contributed by atoms with Crippen LogP contribution in [0.2, 0.25) is 5.15 Å². The van der Waals surface area contributed by atoms with E-state index < -0.39 is 6.10 Å². The van der Waals surface area contributed by atoms with Gasteiger partial charge in [-0.05, 0) is 32.6 Å². The Labute approximate surface area is 117 Å². The van der Waals surface area contributed by atoms with Crippen LogP contribution in [0.15, 0.2) is 18.2 Å². The van der Waals surface area contributed by atoms with Gasteiger partial charge in [0.25, 0.3) is 5.91 Å². The Balaban J connectivity index is 2.17. The van der Waals surface area contributed by atoms with Gasteiger partial charge >= 0.3 is 0 Å². The predicted molar refractivity (Wildman–Crippen MR) is 73.2 cm³/mol. The van der Waals surface area contributed by atoms with Crippen LogP contribution < -0.4 is 0 Å². The minimum atomic E-state index is -0.465. The Morgan fingerprint density at radius 3 is 2.95 bits per heavy atom. The Bertz CT molecular complexity index is 467. The molecule has 2 heterocycles. The van der Waals surface area contributed by atoms with Crippen molar-refractivity contribution in [3.8, 4) is 0 Å². The number of rotatable bonds is 3. The molecule has 0 radical (unpaired) electrons. The number of aliphatic hydroxyl groups excluding tert-OH is 1. The third kappa shape index (κ3) is 3.43. The van der Waals surface area contributed by atoms with Crippen LogP contribution in [0.1, 0.15) is 16.9 Å². The van der Waals surface area contributed by atoms with Crippen molar-refractivity contribution in [3.63, 3.8) is 0 Å². The summed E-state index contributed by atoms with van der Waals surface area (Å²) in [6.07, 6.45) is 0.137. The van der Waals surface area contributed by atoms with Gasteiger partial charge in [0.2, 0.25) is 0 Å². The molecule has 0 spiro atoms. The first-order chi connectivity index (χ1) is 8.97. The van der Waals surface area contributed by atoms with Crippen LogP contribution in [-0.4, -0.2) is 65.1 Å². The zero-order valence-corrected chi connectivity index (χ0v) is 11.8. The number of β-amino-alcohol motifs (C(OH)–C–C–N with tert-alkyl or cyclic N) is 1. The number of hydrogen-bond acceptors (Lipinski definition) is 4. The number of aromatic nitrogens is 1. The zero-order valence-electron chi connectivity index (χ0n) is 11.1. The third-order valence-electron chi connectivity index (χ3n) is 3.16. The molecule has 5 nitrogen and oxygen atoms in total. The minimum absolute atomic E-state index is 0.0123. The number of aliphatic hydroxyl groups is 1. The summed E-state index contributed by atoms with van der Waals surface area (Å²) >= 11 is 5.81. The van der Waals surface area contributed by atoms with E-state index in [1.54, 1.807) is 23.1 Å². The molecule has 2 unspecified atom stereocenters. The standard InChI is InChI=1S/C13H18ClN3O2/c1-16(2)7-9-6-10(18)8-17(9)13(19)11-4-3-5-12(14)15-11/h3-5,9-10,18H,6-8H2,1-2H3. The maximum absolute atomic E-state index is 12.4. The normalized spacial score (nSPS) is 23.1. The van der Waals surface area contributed by atoms with Crippen molar-refractivity contribution in [3.05, 3.63) is 29.0 Å². The molecule has 1 aromatic rings. The number of hydrogen-bond donors (Lipinski definition) is 1. The first kappa shape index (κ1) is 14.2. The number of pyridine rings is 1. The summed E-state index contributed by atoms with van der Waals surface area (Å²) in [5.74, 6) is -0.175. The van der Waals surface area contributed by atoms with Crippen LogP contribution in [0.4, 0.5) is 0 Å². The van der Waals surface area contributed by atoms with Crippen molar-refractivity contribution >= 4 is 17.5 Å². The van der Waals surface area contributed by atoms with Gasteiger partial charge < -0.3 is 14.9 Å². The second-order valence-corrected chi connectivity index (χ2v) is 5.50. The van der Waals surface area contributed by atoms with Gasteiger partial charge in [0, 0.05) is 19.1 Å². The first-order valence-electron chi connectivity index (χ1n) is 6.23. The van der Waals surface area contributed by atoms with Gasteiger partial charge in [0.15, 0.2) is 0 Å². The Morgan fingerprint density at radius 1 is 1.58 bits per heavy atom. The zero-order chi connectivity index (χ0) is 14.0. The van der Waals surface area contributed by atoms with Gasteiger partial charge in [0.1, 0.15) is 10.8 Å². The molecule has 19 heavy (non-hydrogen) atoms. The number of amides is 1.